The van der Waals surface area contributed by atoms with E-state index in [4.69, 9.17) is 18.9 Å². The number of alkyl carbamates (subject to hydrolysis) is 1. The number of hydrogen-bond acceptors (Lipinski definition) is 8. The predicted octanol–water partition coefficient (Wildman–Crippen LogP) is 2.49. The van der Waals surface area contributed by atoms with Crippen LogP contribution in [0.1, 0.15) is 57.8 Å². The van der Waals surface area contributed by atoms with Crippen molar-refractivity contribution in [2.24, 2.45) is 0 Å². The number of unbranched alkanes of at least 4 members (excludes halogenated alkanes) is 1. The van der Waals surface area contributed by atoms with Gasteiger partial charge in [0.15, 0.2) is 0 Å². The van der Waals surface area contributed by atoms with Crippen molar-refractivity contribution in [2.75, 3.05) is 58.5 Å². The van der Waals surface area contributed by atoms with Crippen molar-refractivity contribution >= 4 is 29.8 Å². The van der Waals surface area contributed by atoms with Gasteiger partial charge in [0.2, 0.25) is 5.91 Å². The number of allylic oxidation sites excluding steroid dienone is 2. The SMILES string of the molecule is O=C(CCCC[C@H]1SC[C@H]2NC(=O)N[C@H]21)NCCOCCOCCOCCNC(=O)OC1CC/C=C\CCC1. The molecule has 0 bridgehead atoms. The van der Waals surface area contributed by atoms with Crippen LogP contribution in [-0.4, -0.2) is 100.0 Å². The van der Waals surface area contributed by atoms with Crippen LogP contribution in [0, 0.1) is 0 Å². The van der Waals surface area contributed by atoms with Gasteiger partial charge in [-0.1, -0.05) is 18.6 Å². The van der Waals surface area contributed by atoms with Crippen LogP contribution >= 0.6 is 11.8 Å². The molecular weight excluding hydrogens is 524 g/mol. The van der Waals surface area contributed by atoms with Gasteiger partial charge in [-0.05, 0) is 44.9 Å². The molecule has 0 aromatic heterocycles. The zero-order valence-electron chi connectivity index (χ0n) is 23.0. The summed E-state index contributed by atoms with van der Waals surface area (Å²) >= 11 is 1.90. The summed E-state index contributed by atoms with van der Waals surface area (Å²) in [6, 6.07) is 0.415. The van der Waals surface area contributed by atoms with E-state index in [9.17, 15) is 14.4 Å². The van der Waals surface area contributed by atoms with Gasteiger partial charge in [-0.3, -0.25) is 4.79 Å². The molecule has 0 spiro atoms. The van der Waals surface area contributed by atoms with E-state index >= 15 is 0 Å². The fraction of sp³-hybridized carbons (Fsp3) is 0.815. The molecule has 0 aromatic carbocycles. The Morgan fingerprint density at radius 3 is 2.41 bits per heavy atom. The van der Waals surface area contributed by atoms with Crippen LogP contribution in [-0.2, 0) is 23.7 Å². The second-order valence-electron chi connectivity index (χ2n) is 9.99. The summed E-state index contributed by atoms with van der Waals surface area (Å²) < 4.78 is 21.9. The van der Waals surface area contributed by atoms with Gasteiger partial charge in [-0.15, -0.1) is 0 Å². The fourth-order valence-corrected chi connectivity index (χ4v) is 6.37. The third kappa shape index (κ3) is 13.3. The maximum Gasteiger partial charge on any atom is 0.407 e. The second kappa shape index (κ2) is 19.1. The van der Waals surface area contributed by atoms with E-state index < -0.39 is 0 Å². The third-order valence-corrected chi connectivity index (χ3v) is 8.41. The Morgan fingerprint density at radius 1 is 0.897 bits per heavy atom. The lowest BCUT2D eigenvalue weighted by atomic mass is 10.0. The van der Waals surface area contributed by atoms with Crippen LogP contribution in [0.5, 0.6) is 0 Å². The number of hydrogen-bond donors (Lipinski definition) is 4. The van der Waals surface area contributed by atoms with Crippen molar-refractivity contribution in [2.45, 2.75) is 81.2 Å². The first-order chi connectivity index (χ1) is 19.1. The minimum Gasteiger partial charge on any atom is -0.446 e. The van der Waals surface area contributed by atoms with Crippen LogP contribution < -0.4 is 21.3 Å². The van der Waals surface area contributed by atoms with Gasteiger partial charge >= 0.3 is 12.1 Å². The molecule has 3 aliphatic rings. The first kappa shape index (κ1) is 31.5. The molecule has 0 aromatic rings. The predicted molar refractivity (Wildman–Crippen MR) is 150 cm³/mol. The minimum atomic E-state index is -0.381. The van der Waals surface area contributed by atoms with Gasteiger partial charge in [-0.2, -0.15) is 11.8 Å². The van der Waals surface area contributed by atoms with Crippen molar-refractivity contribution in [1.82, 2.24) is 21.3 Å². The highest BCUT2D eigenvalue weighted by molar-refractivity contribution is 8.00. The monoisotopic (exact) mass is 570 g/mol. The average Bonchev–Trinajstić information content (AvgIpc) is 3.45. The molecule has 2 fully saturated rings. The number of rotatable bonds is 18. The van der Waals surface area contributed by atoms with Gasteiger partial charge in [0, 0.05) is 30.5 Å². The number of carbonyl (C=O) groups is 3. The summed E-state index contributed by atoms with van der Waals surface area (Å²) in [6.07, 6.45) is 12.1. The maximum atomic E-state index is 12.0. The summed E-state index contributed by atoms with van der Waals surface area (Å²) in [5.74, 6) is 1.00. The smallest absolute Gasteiger partial charge is 0.407 e. The highest BCUT2D eigenvalue weighted by Gasteiger charge is 2.42. The molecule has 2 aliphatic heterocycles. The normalized spacial score (nSPS) is 25.1. The Labute approximate surface area is 236 Å². The van der Waals surface area contributed by atoms with E-state index in [-0.39, 0.29) is 36.2 Å². The molecule has 4 N–H and O–H groups in total. The van der Waals surface area contributed by atoms with Crippen molar-refractivity contribution < 1.29 is 33.3 Å². The fourth-order valence-electron chi connectivity index (χ4n) is 4.83. The highest BCUT2D eigenvalue weighted by Crippen LogP contribution is 2.33. The zero-order valence-corrected chi connectivity index (χ0v) is 23.8. The molecule has 3 rings (SSSR count). The Kier molecular flexibility index (Phi) is 15.4. The summed E-state index contributed by atoms with van der Waals surface area (Å²) in [5.41, 5.74) is 0. The molecule has 222 valence electrons. The topological polar surface area (TPSA) is 136 Å². The van der Waals surface area contributed by atoms with E-state index in [0.717, 1.165) is 57.1 Å². The first-order valence-corrected chi connectivity index (χ1v) is 15.4. The molecule has 11 nitrogen and oxygen atoms in total. The summed E-state index contributed by atoms with van der Waals surface area (Å²) in [5, 5.41) is 12.0. The summed E-state index contributed by atoms with van der Waals surface area (Å²) in [7, 11) is 0. The number of carbonyl (C=O) groups excluding carboxylic acids is 3. The molecular formula is C27H46N4O7S. The first-order valence-electron chi connectivity index (χ1n) is 14.4. The van der Waals surface area contributed by atoms with Crippen molar-refractivity contribution in [1.29, 1.82) is 0 Å². The molecule has 1 unspecified atom stereocenters. The van der Waals surface area contributed by atoms with Crippen LogP contribution in [0.15, 0.2) is 12.2 Å². The molecule has 12 heteroatoms. The highest BCUT2D eigenvalue weighted by atomic mass is 32.2. The molecule has 0 radical (unpaired) electrons. The second-order valence-corrected chi connectivity index (χ2v) is 11.3. The van der Waals surface area contributed by atoms with Gasteiger partial charge in [0.25, 0.3) is 0 Å². The number of fused-ring (bicyclic) bond motifs is 1. The Hall–Kier alpha value is -2.02. The number of thioether (sulfide) groups is 1. The number of amides is 4. The zero-order chi connectivity index (χ0) is 27.5. The Balaban J connectivity index is 1.02. The summed E-state index contributed by atoms with van der Waals surface area (Å²) in [4.78, 5) is 35.3. The largest absolute Gasteiger partial charge is 0.446 e. The molecule has 0 saturated carbocycles. The van der Waals surface area contributed by atoms with Gasteiger partial charge in [0.05, 0.1) is 51.7 Å². The van der Waals surface area contributed by atoms with Crippen LogP contribution in [0.3, 0.4) is 0 Å². The maximum absolute atomic E-state index is 12.0. The molecule has 2 heterocycles. The standard InChI is InChI=1S/C27H46N4O7S/c32-24(11-7-6-10-23-25-22(20-39-23)30-26(33)31-25)28-12-14-35-16-18-37-19-17-36-15-13-29-27(34)38-21-8-4-2-1-3-5-9-21/h1-2,21-23,25H,3-20H2,(H,28,32)(H,29,34)(H2,30,31,33)/b2-1-/t21?,22-,23-,25-/m1/s1. The Bertz CT molecular complexity index is 772. The van der Waals surface area contributed by atoms with Gasteiger partial charge in [-0.25, -0.2) is 9.59 Å². The van der Waals surface area contributed by atoms with Crippen molar-refractivity contribution in [3.05, 3.63) is 12.2 Å². The van der Waals surface area contributed by atoms with Crippen LogP contribution in [0.25, 0.3) is 0 Å². The molecule has 39 heavy (non-hydrogen) atoms. The molecule has 2 saturated heterocycles. The number of ether oxygens (including phenoxy) is 4. The van der Waals surface area contributed by atoms with Gasteiger partial charge in [0.1, 0.15) is 6.10 Å². The van der Waals surface area contributed by atoms with Crippen LogP contribution in [0.4, 0.5) is 9.59 Å². The lowest BCUT2D eigenvalue weighted by Gasteiger charge is -2.18. The minimum absolute atomic E-state index is 0.00938. The summed E-state index contributed by atoms with van der Waals surface area (Å²) in [6.45, 7) is 3.52. The molecule has 4 amide bonds. The van der Waals surface area contributed by atoms with E-state index in [2.05, 4.69) is 33.4 Å². The molecule has 1 aliphatic carbocycles. The quantitative estimate of drug-likeness (QED) is 0.112. The Morgan fingerprint density at radius 2 is 1.62 bits per heavy atom. The average molecular weight is 571 g/mol. The lowest BCUT2D eigenvalue weighted by molar-refractivity contribution is -0.121. The number of nitrogens with one attached hydrogen (secondary N) is 4. The molecule has 4 atom stereocenters. The van der Waals surface area contributed by atoms with E-state index in [1.54, 1.807) is 0 Å². The van der Waals surface area contributed by atoms with E-state index in [0.29, 0.717) is 64.4 Å². The van der Waals surface area contributed by atoms with Crippen molar-refractivity contribution in [3.8, 4) is 0 Å². The van der Waals surface area contributed by atoms with E-state index in [1.807, 2.05) is 11.8 Å². The van der Waals surface area contributed by atoms with Crippen LogP contribution in [0.2, 0.25) is 0 Å². The third-order valence-electron chi connectivity index (χ3n) is 6.90. The lowest BCUT2D eigenvalue weighted by Crippen LogP contribution is -2.36. The van der Waals surface area contributed by atoms with E-state index in [1.165, 1.54) is 0 Å². The van der Waals surface area contributed by atoms with Crippen molar-refractivity contribution in [3.63, 3.8) is 0 Å². The van der Waals surface area contributed by atoms with Gasteiger partial charge < -0.3 is 40.2 Å². The number of urea groups is 1.